The van der Waals surface area contributed by atoms with Gasteiger partial charge in [0.1, 0.15) is 17.2 Å². The monoisotopic (exact) mass is 464 g/mol. The highest BCUT2D eigenvalue weighted by atomic mass is 32.2. The number of H-pyrrole nitrogens is 1. The second-order valence-corrected chi connectivity index (χ2v) is 10.8. The van der Waals surface area contributed by atoms with Crippen molar-refractivity contribution in [2.75, 3.05) is 44.2 Å². The van der Waals surface area contributed by atoms with Gasteiger partial charge in [0, 0.05) is 19.2 Å². The van der Waals surface area contributed by atoms with E-state index in [0.29, 0.717) is 32.0 Å². The van der Waals surface area contributed by atoms with E-state index in [0.717, 1.165) is 0 Å². The Bertz CT molecular complexity index is 1160. The Kier molecular flexibility index (Phi) is 6.96. The molecule has 0 bridgehead atoms. The summed E-state index contributed by atoms with van der Waals surface area (Å²) in [5.41, 5.74) is 0.128. The van der Waals surface area contributed by atoms with Crippen LogP contribution in [0.3, 0.4) is 0 Å². The molecule has 0 amide bonds. The number of nitrogens with zero attached hydrogens (tertiary/aromatic N) is 4. The van der Waals surface area contributed by atoms with Gasteiger partial charge in [-0.2, -0.15) is 13.9 Å². The van der Waals surface area contributed by atoms with Crippen molar-refractivity contribution < 1.29 is 21.8 Å². The number of hydrogen-bond acceptors (Lipinski definition) is 6. The molecule has 1 aromatic heterocycles. The summed E-state index contributed by atoms with van der Waals surface area (Å²) < 4.78 is 53.9. The fourth-order valence-electron chi connectivity index (χ4n) is 3.56. The van der Waals surface area contributed by atoms with Crippen molar-refractivity contribution in [3.05, 3.63) is 48.2 Å². The molecule has 0 saturated carbocycles. The number of piperazine rings is 1. The van der Waals surface area contributed by atoms with Gasteiger partial charge in [0.15, 0.2) is 0 Å². The Hall–Kier alpha value is -2.52. The molecule has 3 rings (SSSR count). The van der Waals surface area contributed by atoms with E-state index in [9.17, 15) is 22.1 Å². The molecule has 11 heteroatoms. The molecule has 1 aliphatic heterocycles. The van der Waals surface area contributed by atoms with Crippen LogP contribution < -0.4 is 9.88 Å². The SMILES string of the molecule is CCN(CC)S(=O)(=O)c1ccc(N2CCN(S(=O)(=O)c3ccccc3C#N)CC2)[nH+]c1. The first-order valence-corrected chi connectivity index (χ1v) is 12.9. The van der Waals surface area contributed by atoms with Gasteiger partial charge in [-0.05, 0) is 18.2 Å². The number of sulfonamides is 2. The van der Waals surface area contributed by atoms with Gasteiger partial charge in [0.25, 0.3) is 5.82 Å². The molecule has 0 spiro atoms. The quantitative estimate of drug-likeness (QED) is 0.601. The van der Waals surface area contributed by atoms with Crippen LogP contribution >= 0.6 is 0 Å². The Morgan fingerprint density at radius 3 is 2.19 bits per heavy atom. The number of rotatable bonds is 7. The van der Waals surface area contributed by atoms with Crippen LogP contribution in [-0.4, -0.2) is 64.7 Å². The molecule has 2 aromatic rings. The molecule has 0 unspecified atom stereocenters. The van der Waals surface area contributed by atoms with E-state index in [1.54, 1.807) is 38.1 Å². The maximum Gasteiger partial charge on any atom is 0.274 e. The largest absolute Gasteiger partial charge is 0.274 e. The van der Waals surface area contributed by atoms with Crippen molar-refractivity contribution in [3.63, 3.8) is 0 Å². The number of pyridine rings is 1. The zero-order valence-electron chi connectivity index (χ0n) is 17.5. The van der Waals surface area contributed by atoms with E-state index in [1.165, 1.54) is 26.9 Å². The number of nitriles is 1. The molecule has 0 atom stereocenters. The Morgan fingerprint density at radius 2 is 1.65 bits per heavy atom. The van der Waals surface area contributed by atoms with Crippen molar-refractivity contribution in [1.29, 1.82) is 5.26 Å². The van der Waals surface area contributed by atoms with Crippen LogP contribution in [0.5, 0.6) is 0 Å². The van der Waals surface area contributed by atoms with Crippen molar-refractivity contribution in [1.82, 2.24) is 8.61 Å². The first-order valence-electron chi connectivity index (χ1n) is 10.0. The molecule has 1 saturated heterocycles. The van der Waals surface area contributed by atoms with Crippen LogP contribution in [0.15, 0.2) is 52.4 Å². The Balaban J connectivity index is 1.72. The van der Waals surface area contributed by atoms with Crippen LogP contribution in [-0.2, 0) is 20.0 Å². The van der Waals surface area contributed by atoms with Crippen LogP contribution in [0, 0.1) is 11.3 Å². The maximum atomic E-state index is 13.0. The number of aromatic amines is 1. The molecule has 1 aliphatic rings. The van der Waals surface area contributed by atoms with Gasteiger partial charge in [-0.1, -0.05) is 26.0 Å². The first-order chi connectivity index (χ1) is 14.7. The summed E-state index contributed by atoms with van der Waals surface area (Å²) in [7, 11) is -7.31. The molecule has 1 fully saturated rings. The molecule has 166 valence electrons. The number of nitrogens with one attached hydrogen (secondary N) is 1. The van der Waals surface area contributed by atoms with Crippen molar-refractivity contribution >= 4 is 25.9 Å². The van der Waals surface area contributed by atoms with Gasteiger partial charge in [0.05, 0.1) is 36.6 Å². The smallest absolute Gasteiger partial charge is 0.259 e. The van der Waals surface area contributed by atoms with Gasteiger partial charge < -0.3 is 0 Å². The topological polar surface area (TPSA) is 116 Å². The van der Waals surface area contributed by atoms with E-state index >= 15 is 0 Å². The maximum absolute atomic E-state index is 13.0. The van der Waals surface area contributed by atoms with Crippen LogP contribution in [0.4, 0.5) is 5.82 Å². The van der Waals surface area contributed by atoms with E-state index in [1.807, 2.05) is 11.0 Å². The fraction of sp³-hybridized carbons (Fsp3) is 0.400. The van der Waals surface area contributed by atoms with Crippen LogP contribution in [0.25, 0.3) is 0 Å². The number of hydrogen-bond donors (Lipinski definition) is 0. The predicted octanol–water partition coefficient (Wildman–Crippen LogP) is 0.914. The summed E-state index contributed by atoms with van der Waals surface area (Å²) in [5.74, 6) is 0.716. The third-order valence-corrected chi connectivity index (χ3v) is 9.32. The molecule has 0 radical (unpaired) electrons. The van der Waals surface area contributed by atoms with E-state index in [4.69, 9.17) is 0 Å². The summed E-state index contributed by atoms with van der Waals surface area (Å²) >= 11 is 0. The summed E-state index contributed by atoms with van der Waals surface area (Å²) in [5, 5.41) is 9.23. The van der Waals surface area contributed by atoms with E-state index < -0.39 is 20.0 Å². The lowest BCUT2D eigenvalue weighted by atomic mass is 10.2. The lowest BCUT2D eigenvalue weighted by molar-refractivity contribution is -0.367. The molecule has 2 heterocycles. The molecule has 0 aliphatic carbocycles. The Labute approximate surface area is 183 Å². The molecule has 1 aromatic carbocycles. The highest BCUT2D eigenvalue weighted by Gasteiger charge is 2.33. The Morgan fingerprint density at radius 1 is 1.00 bits per heavy atom. The summed E-state index contributed by atoms with van der Waals surface area (Å²) in [6.45, 7) is 5.77. The lowest BCUT2D eigenvalue weighted by Crippen LogP contribution is -2.50. The molecular weight excluding hydrogens is 438 g/mol. The van der Waals surface area contributed by atoms with E-state index in [-0.39, 0.29) is 28.4 Å². The minimum Gasteiger partial charge on any atom is -0.259 e. The molecule has 31 heavy (non-hydrogen) atoms. The first kappa shape index (κ1) is 23.1. The zero-order chi connectivity index (χ0) is 22.6. The fourth-order valence-corrected chi connectivity index (χ4v) is 6.55. The third-order valence-electron chi connectivity index (χ3n) is 5.32. The van der Waals surface area contributed by atoms with Crippen LogP contribution in [0.2, 0.25) is 0 Å². The standard InChI is InChI=1S/C20H25N5O4S2/c1-3-24(4-2)30(26,27)18-9-10-20(22-16-18)23-11-13-25(14-12-23)31(28,29)19-8-6-5-7-17(19)15-21/h5-10,16H,3-4,11-14H2,1-2H3/p+1. The van der Waals surface area contributed by atoms with Crippen LogP contribution in [0.1, 0.15) is 19.4 Å². The third kappa shape index (κ3) is 4.57. The summed E-state index contributed by atoms with van der Waals surface area (Å²) in [6.07, 6.45) is 1.47. The molecule has 1 N–H and O–H groups in total. The normalized spacial score (nSPS) is 15.7. The van der Waals surface area contributed by atoms with Gasteiger partial charge in [-0.15, -0.1) is 0 Å². The average Bonchev–Trinajstić information content (AvgIpc) is 2.80. The highest BCUT2D eigenvalue weighted by Crippen LogP contribution is 2.22. The lowest BCUT2D eigenvalue weighted by Gasteiger charge is -2.30. The number of anilines is 1. The van der Waals surface area contributed by atoms with E-state index in [2.05, 4.69) is 4.98 Å². The second kappa shape index (κ2) is 9.32. The van der Waals surface area contributed by atoms with Crippen molar-refractivity contribution in [2.45, 2.75) is 23.6 Å². The number of aromatic nitrogens is 1. The highest BCUT2D eigenvalue weighted by molar-refractivity contribution is 7.89. The van der Waals surface area contributed by atoms with Gasteiger partial charge in [-0.3, -0.25) is 4.90 Å². The second-order valence-electron chi connectivity index (χ2n) is 7.00. The zero-order valence-corrected chi connectivity index (χ0v) is 19.2. The van der Waals surface area contributed by atoms with Gasteiger partial charge in [-0.25, -0.2) is 21.8 Å². The van der Waals surface area contributed by atoms with Crippen molar-refractivity contribution in [2.24, 2.45) is 0 Å². The number of benzene rings is 1. The minimum absolute atomic E-state index is 0.0171. The van der Waals surface area contributed by atoms with Gasteiger partial charge >= 0.3 is 0 Å². The molecule has 9 nitrogen and oxygen atoms in total. The van der Waals surface area contributed by atoms with Gasteiger partial charge in [0.2, 0.25) is 20.0 Å². The van der Waals surface area contributed by atoms with Crippen molar-refractivity contribution in [3.8, 4) is 6.07 Å². The summed E-state index contributed by atoms with van der Waals surface area (Å²) in [4.78, 5) is 5.20. The predicted molar refractivity (Wildman–Crippen MR) is 115 cm³/mol. The average molecular weight is 465 g/mol. The minimum atomic E-state index is -3.76. The summed E-state index contributed by atoms with van der Waals surface area (Å²) in [6, 6.07) is 11.4. The molecular formula is C20H26N5O4S2+.